The first-order valence-corrected chi connectivity index (χ1v) is 2.95. The number of halogens is 1. The van der Waals surface area contributed by atoms with Gasteiger partial charge in [0.1, 0.15) is 5.75 Å². The molecule has 0 atom stereocenters. The predicted molar refractivity (Wildman–Crippen MR) is 36.7 cm³/mol. The summed E-state index contributed by atoms with van der Waals surface area (Å²) in [5, 5.41) is 9.48. The van der Waals surface area contributed by atoms with Gasteiger partial charge < -0.3 is 5.11 Å². The highest BCUT2D eigenvalue weighted by atomic mass is 35.5. The summed E-state index contributed by atoms with van der Waals surface area (Å²) in [5.41, 5.74) is 0.680. The number of hydrogen-bond donors (Lipinski definition) is 1. The van der Waals surface area contributed by atoms with Crippen LogP contribution >= 0.6 is 11.6 Å². The van der Waals surface area contributed by atoms with E-state index in [1.165, 1.54) is 0 Å². The van der Waals surface area contributed by atoms with Crippen molar-refractivity contribution in [3.8, 4) is 5.75 Å². The molecule has 0 spiro atoms. The Hall–Kier alpha value is -0.690. The van der Waals surface area contributed by atoms with E-state index in [1.54, 1.807) is 19.1 Å². The minimum Gasteiger partial charge on any atom is -0.508 e. The lowest BCUT2D eigenvalue weighted by atomic mass is 10.2. The molecule has 0 aromatic heterocycles. The van der Waals surface area contributed by atoms with Gasteiger partial charge in [-0.15, -0.1) is 0 Å². The SMILES string of the molecule is Cc1c(Cl)[c]ccc1O. The Morgan fingerprint density at radius 1 is 1.67 bits per heavy atom. The molecule has 47 valence electrons. The van der Waals surface area contributed by atoms with Gasteiger partial charge in [0, 0.05) is 11.6 Å². The Labute approximate surface area is 58.9 Å². The topological polar surface area (TPSA) is 20.2 Å². The molecule has 1 radical (unpaired) electrons. The van der Waals surface area contributed by atoms with Gasteiger partial charge in [0.05, 0.1) is 5.02 Å². The molecule has 0 aliphatic carbocycles. The molecule has 1 rings (SSSR count). The van der Waals surface area contributed by atoms with Crippen LogP contribution in [0.2, 0.25) is 5.02 Å². The summed E-state index contributed by atoms with van der Waals surface area (Å²) in [6.07, 6.45) is 0. The van der Waals surface area contributed by atoms with Crippen LogP contribution in [0, 0.1) is 13.0 Å². The minimum atomic E-state index is 0.221. The zero-order chi connectivity index (χ0) is 6.85. The highest BCUT2D eigenvalue weighted by Crippen LogP contribution is 2.22. The molecule has 9 heavy (non-hydrogen) atoms. The molecule has 0 fully saturated rings. The molecule has 1 aromatic rings. The lowest BCUT2D eigenvalue weighted by Gasteiger charge is -1.96. The van der Waals surface area contributed by atoms with E-state index in [4.69, 9.17) is 16.7 Å². The number of phenolic OH excluding ortho intramolecular Hbond substituents is 1. The molecule has 0 aliphatic heterocycles. The Kier molecular flexibility index (Phi) is 1.63. The quantitative estimate of drug-likeness (QED) is 0.587. The summed E-state index contributed by atoms with van der Waals surface area (Å²) in [4.78, 5) is 0. The van der Waals surface area contributed by atoms with E-state index < -0.39 is 0 Å². The molecular weight excluding hydrogens is 136 g/mol. The van der Waals surface area contributed by atoms with Crippen LogP contribution in [0.3, 0.4) is 0 Å². The molecule has 1 N–H and O–H groups in total. The Morgan fingerprint density at radius 3 is 2.78 bits per heavy atom. The van der Waals surface area contributed by atoms with Gasteiger partial charge in [-0.2, -0.15) is 0 Å². The maximum Gasteiger partial charge on any atom is 0.120 e. The molecule has 1 aromatic carbocycles. The number of phenols is 1. The van der Waals surface area contributed by atoms with Crippen LogP contribution < -0.4 is 0 Å². The van der Waals surface area contributed by atoms with E-state index in [9.17, 15) is 0 Å². The molecule has 0 saturated heterocycles. The maximum atomic E-state index is 9.00. The lowest BCUT2D eigenvalue weighted by molar-refractivity contribution is 0.471. The monoisotopic (exact) mass is 141 g/mol. The summed E-state index contributed by atoms with van der Waals surface area (Å²) in [6.45, 7) is 1.74. The largest absolute Gasteiger partial charge is 0.508 e. The van der Waals surface area contributed by atoms with E-state index >= 15 is 0 Å². The van der Waals surface area contributed by atoms with Gasteiger partial charge in [-0.3, -0.25) is 0 Å². The molecule has 0 aliphatic rings. The van der Waals surface area contributed by atoms with Crippen molar-refractivity contribution in [3.05, 3.63) is 28.8 Å². The second-order valence-electron chi connectivity index (χ2n) is 1.80. The van der Waals surface area contributed by atoms with Crippen molar-refractivity contribution in [2.75, 3.05) is 0 Å². The van der Waals surface area contributed by atoms with E-state index in [1.807, 2.05) is 0 Å². The molecule has 2 heteroatoms. The van der Waals surface area contributed by atoms with Gasteiger partial charge in [-0.1, -0.05) is 11.6 Å². The summed E-state index contributed by atoms with van der Waals surface area (Å²) in [6, 6.07) is 5.89. The third kappa shape index (κ3) is 1.16. The third-order valence-corrected chi connectivity index (χ3v) is 1.56. The summed E-state index contributed by atoms with van der Waals surface area (Å²) >= 11 is 5.60. The average molecular weight is 142 g/mol. The van der Waals surface area contributed by atoms with Crippen LogP contribution in [0.1, 0.15) is 5.56 Å². The molecular formula is C7H6ClO. The smallest absolute Gasteiger partial charge is 0.120 e. The van der Waals surface area contributed by atoms with Crippen LogP contribution in [0.5, 0.6) is 5.75 Å². The van der Waals surface area contributed by atoms with Crippen molar-refractivity contribution < 1.29 is 5.11 Å². The zero-order valence-electron chi connectivity index (χ0n) is 4.98. The number of hydrogen-bond acceptors (Lipinski definition) is 1. The number of aromatic hydroxyl groups is 1. The van der Waals surface area contributed by atoms with E-state index in [2.05, 4.69) is 6.07 Å². The standard InChI is InChI=1S/C7H6ClO/c1-5-6(8)3-2-4-7(5)9/h2,4,9H,1H3. The van der Waals surface area contributed by atoms with Crippen LogP contribution in [0.15, 0.2) is 12.1 Å². The van der Waals surface area contributed by atoms with Crippen LogP contribution in [-0.4, -0.2) is 5.11 Å². The second-order valence-corrected chi connectivity index (χ2v) is 2.18. The van der Waals surface area contributed by atoms with Crippen molar-refractivity contribution in [1.29, 1.82) is 0 Å². The Morgan fingerprint density at radius 2 is 2.33 bits per heavy atom. The van der Waals surface area contributed by atoms with Crippen molar-refractivity contribution >= 4 is 11.6 Å². The molecule has 0 amide bonds. The number of benzene rings is 1. The average Bonchev–Trinajstić information content (AvgIpc) is 1.83. The fraction of sp³-hybridized carbons (Fsp3) is 0.143. The van der Waals surface area contributed by atoms with Gasteiger partial charge in [-0.05, 0) is 19.1 Å². The minimum absolute atomic E-state index is 0.221. The van der Waals surface area contributed by atoms with Gasteiger partial charge in [0.15, 0.2) is 0 Å². The Bertz CT molecular complexity index is 200. The predicted octanol–water partition coefficient (Wildman–Crippen LogP) is 2.15. The van der Waals surface area contributed by atoms with Crippen LogP contribution in [0.25, 0.3) is 0 Å². The summed E-state index contributed by atoms with van der Waals surface area (Å²) < 4.78 is 0. The van der Waals surface area contributed by atoms with Crippen molar-refractivity contribution in [1.82, 2.24) is 0 Å². The fourth-order valence-corrected chi connectivity index (χ4v) is 0.699. The first-order valence-electron chi connectivity index (χ1n) is 2.57. The van der Waals surface area contributed by atoms with Gasteiger partial charge >= 0.3 is 0 Å². The van der Waals surface area contributed by atoms with E-state index in [0.717, 1.165) is 0 Å². The lowest BCUT2D eigenvalue weighted by Crippen LogP contribution is -1.74. The number of rotatable bonds is 0. The van der Waals surface area contributed by atoms with Gasteiger partial charge in [0.25, 0.3) is 0 Å². The van der Waals surface area contributed by atoms with Crippen molar-refractivity contribution in [2.45, 2.75) is 6.92 Å². The highest BCUT2D eigenvalue weighted by molar-refractivity contribution is 6.31. The van der Waals surface area contributed by atoms with E-state index in [-0.39, 0.29) is 5.75 Å². The fourth-order valence-electron chi connectivity index (χ4n) is 0.539. The van der Waals surface area contributed by atoms with Crippen molar-refractivity contribution in [3.63, 3.8) is 0 Å². The maximum absolute atomic E-state index is 9.00. The molecule has 0 unspecified atom stereocenters. The third-order valence-electron chi connectivity index (χ3n) is 1.16. The van der Waals surface area contributed by atoms with Gasteiger partial charge in [0.2, 0.25) is 0 Å². The van der Waals surface area contributed by atoms with Gasteiger partial charge in [-0.25, -0.2) is 0 Å². The first-order chi connectivity index (χ1) is 4.22. The van der Waals surface area contributed by atoms with Crippen LogP contribution in [-0.2, 0) is 0 Å². The normalized spacial score (nSPS) is 9.56. The van der Waals surface area contributed by atoms with Crippen LogP contribution in [0.4, 0.5) is 0 Å². The molecule has 0 heterocycles. The molecule has 0 saturated carbocycles. The zero-order valence-corrected chi connectivity index (χ0v) is 5.74. The van der Waals surface area contributed by atoms with E-state index in [0.29, 0.717) is 10.6 Å². The highest BCUT2D eigenvalue weighted by Gasteiger charge is 1.97. The molecule has 0 bridgehead atoms. The summed E-state index contributed by atoms with van der Waals surface area (Å²) in [7, 11) is 0. The summed E-state index contributed by atoms with van der Waals surface area (Å²) in [5.74, 6) is 0.221. The molecule has 1 nitrogen and oxygen atoms in total. The van der Waals surface area contributed by atoms with Crippen molar-refractivity contribution in [2.24, 2.45) is 0 Å². The first kappa shape index (κ1) is 6.43. The Balaban J connectivity index is 3.25. The second kappa shape index (κ2) is 2.28.